The highest BCUT2D eigenvalue weighted by atomic mass is 16.5. The maximum absolute atomic E-state index is 5.75. The minimum atomic E-state index is 0.738. The van der Waals surface area contributed by atoms with E-state index in [0.717, 1.165) is 61.9 Å². The molecule has 26 heavy (non-hydrogen) atoms. The van der Waals surface area contributed by atoms with E-state index in [4.69, 9.17) is 9.47 Å². The van der Waals surface area contributed by atoms with Crippen LogP contribution >= 0.6 is 0 Å². The van der Waals surface area contributed by atoms with Crippen molar-refractivity contribution in [2.45, 2.75) is 37.5 Å². The SMILES string of the molecule is c1cc(C2CC3=C4COCC4C2C3)ccc1C1CC2=C3COCC3C1C2. The molecule has 0 N–H and O–H groups in total. The summed E-state index contributed by atoms with van der Waals surface area (Å²) in [4.78, 5) is 0. The van der Waals surface area contributed by atoms with Gasteiger partial charge in [0.05, 0.1) is 26.4 Å². The maximum atomic E-state index is 5.75. The van der Waals surface area contributed by atoms with Gasteiger partial charge in [-0.15, -0.1) is 0 Å². The van der Waals surface area contributed by atoms with E-state index >= 15 is 0 Å². The first-order chi connectivity index (χ1) is 12.9. The fraction of sp³-hybridized carbons (Fsp3) is 0.583. The molecule has 0 aromatic heterocycles. The third-order valence-corrected chi connectivity index (χ3v) is 8.67. The standard InChI is InChI=1S/C24H26O2/c1-2-14(18-6-16-8-20(18)24-12-26-10-22(16)24)4-3-13(1)17-5-15-7-19(17)23-11-25-9-21(15)23/h1-4,17-20,23-24H,5-12H2. The zero-order valence-corrected chi connectivity index (χ0v) is 15.2. The lowest BCUT2D eigenvalue weighted by atomic mass is 9.75. The predicted octanol–water partition coefficient (Wildman–Crippen LogP) is 4.59. The van der Waals surface area contributed by atoms with Gasteiger partial charge in [-0.25, -0.2) is 0 Å². The molecule has 6 unspecified atom stereocenters. The summed E-state index contributed by atoms with van der Waals surface area (Å²) in [6.07, 6.45) is 5.28. The van der Waals surface area contributed by atoms with E-state index in [1.54, 1.807) is 33.4 Å². The normalized spacial score (nSPS) is 42.3. The molecule has 7 rings (SSSR count). The molecule has 4 bridgehead atoms. The molecule has 6 aliphatic rings. The van der Waals surface area contributed by atoms with Gasteiger partial charge < -0.3 is 9.47 Å². The second kappa shape index (κ2) is 5.11. The number of rotatable bonds is 2. The molecule has 0 radical (unpaired) electrons. The summed E-state index contributed by atoms with van der Waals surface area (Å²) in [7, 11) is 0. The largest absolute Gasteiger partial charge is 0.376 e. The van der Waals surface area contributed by atoms with Gasteiger partial charge in [-0.2, -0.15) is 0 Å². The van der Waals surface area contributed by atoms with Crippen LogP contribution in [-0.4, -0.2) is 26.4 Å². The Morgan fingerprint density at radius 1 is 0.577 bits per heavy atom. The summed E-state index contributed by atoms with van der Waals surface area (Å²) in [5, 5.41) is 0. The van der Waals surface area contributed by atoms with E-state index in [9.17, 15) is 0 Å². The molecule has 1 aromatic rings. The van der Waals surface area contributed by atoms with Crippen LogP contribution in [0, 0.1) is 23.7 Å². The number of allylic oxidation sites excluding steroid dienone is 2. The molecule has 1 aromatic carbocycles. The average molecular weight is 346 g/mol. The van der Waals surface area contributed by atoms with Gasteiger partial charge in [0.2, 0.25) is 0 Å². The third-order valence-electron chi connectivity index (χ3n) is 8.67. The summed E-state index contributed by atoms with van der Waals surface area (Å²) < 4.78 is 11.5. The molecule has 0 spiro atoms. The van der Waals surface area contributed by atoms with Gasteiger partial charge in [0.15, 0.2) is 0 Å². The Kier molecular flexibility index (Phi) is 2.88. The fourth-order valence-electron chi connectivity index (χ4n) is 7.44. The minimum Gasteiger partial charge on any atom is -0.376 e. The third kappa shape index (κ3) is 1.80. The van der Waals surface area contributed by atoms with Gasteiger partial charge in [-0.05, 0) is 71.6 Å². The molecular formula is C24H26O2. The van der Waals surface area contributed by atoms with Crippen molar-refractivity contribution in [1.82, 2.24) is 0 Å². The van der Waals surface area contributed by atoms with E-state index in [0.29, 0.717) is 0 Å². The van der Waals surface area contributed by atoms with E-state index in [1.807, 2.05) is 0 Å². The average Bonchev–Trinajstić information content (AvgIpc) is 3.49. The fourth-order valence-corrected chi connectivity index (χ4v) is 7.44. The Labute approximate surface area is 155 Å². The van der Waals surface area contributed by atoms with E-state index in [1.165, 1.54) is 25.7 Å². The Bertz CT molecular complexity index is 774. The number of fused-ring (bicyclic) bond motifs is 8. The molecule has 2 aliphatic heterocycles. The monoisotopic (exact) mass is 346 g/mol. The van der Waals surface area contributed by atoms with Crippen molar-refractivity contribution < 1.29 is 9.47 Å². The Morgan fingerprint density at radius 2 is 1.04 bits per heavy atom. The van der Waals surface area contributed by atoms with E-state index < -0.39 is 0 Å². The van der Waals surface area contributed by atoms with Crippen LogP contribution < -0.4 is 0 Å². The van der Waals surface area contributed by atoms with Gasteiger partial charge in [0.25, 0.3) is 0 Å². The summed E-state index contributed by atoms with van der Waals surface area (Å²) in [5.74, 6) is 4.60. The highest BCUT2D eigenvalue weighted by molar-refractivity contribution is 5.42. The second-order valence-electron chi connectivity index (χ2n) is 9.52. The second-order valence-corrected chi connectivity index (χ2v) is 9.52. The molecule has 4 aliphatic carbocycles. The van der Waals surface area contributed by atoms with Crippen molar-refractivity contribution in [3.05, 3.63) is 57.7 Å². The van der Waals surface area contributed by atoms with Crippen LogP contribution in [0.4, 0.5) is 0 Å². The zero-order chi connectivity index (χ0) is 16.8. The molecule has 134 valence electrons. The van der Waals surface area contributed by atoms with Crippen LogP contribution in [0.1, 0.15) is 48.6 Å². The number of hydrogen-bond donors (Lipinski definition) is 0. The smallest absolute Gasteiger partial charge is 0.0683 e. The van der Waals surface area contributed by atoms with Crippen molar-refractivity contribution in [1.29, 1.82) is 0 Å². The molecule has 6 atom stereocenters. The Balaban J connectivity index is 1.15. The lowest BCUT2D eigenvalue weighted by molar-refractivity contribution is 0.169. The molecule has 2 saturated carbocycles. The van der Waals surface area contributed by atoms with Crippen LogP contribution in [0.25, 0.3) is 0 Å². The Hall–Kier alpha value is -1.38. The minimum absolute atomic E-state index is 0.738. The highest BCUT2D eigenvalue weighted by Crippen LogP contribution is 2.59. The first-order valence-electron chi connectivity index (χ1n) is 10.5. The van der Waals surface area contributed by atoms with Gasteiger partial charge in [-0.1, -0.05) is 35.4 Å². The molecule has 2 nitrogen and oxygen atoms in total. The molecule has 2 heterocycles. The lowest BCUT2D eigenvalue weighted by Gasteiger charge is -2.28. The van der Waals surface area contributed by atoms with E-state index in [2.05, 4.69) is 24.3 Å². The van der Waals surface area contributed by atoms with Crippen molar-refractivity contribution >= 4 is 0 Å². The molecule has 0 amide bonds. The molecule has 4 fully saturated rings. The number of ether oxygens (including phenoxy) is 2. The van der Waals surface area contributed by atoms with Gasteiger partial charge in [0, 0.05) is 11.8 Å². The van der Waals surface area contributed by atoms with Crippen molar-refractivity contribution in [3.63, 3.8) is 0 Å². The van der Waals surface area contributed by atoms with Gasteiger partial charge in [0.1, 0.15) is 0 Å². The van der Waals surface area contributed by atoms with Crippen LogP contribution in [0.5, 0.6) is 0 Å². The van der Waals surface area contributed by atoms with Crippen LogP contribution in [-0.2, 0) is 9.47 Å². The van der Waals surface area contributed by atoms with Crippen molar-refractivity contribution in [2.24, 2.45) is 23.7 Å². The van der Waals surface area contributed by atoms with Crippen LogP contribution in [0.15, 0.2) is 46.6 Å². The van der Waals surface area contributed by atoms with Crippen molar-refractivity contribution in [3.8, 4) is 0 Å². The number of hydrogen-bond acceptors (Lipinski definition) is 2. The number of benzene rings is 1. The van der Waals surface area contributed by atoms with E-state index in [-0.39, 0.29) is 0 Å². The molecular weight excluding hydrogens is 320 g/mol. The predicted molar refractivity (Wildman–Crippen MR) is 100 cm³/mol. The maximum Gasteiger partial charge on any atom is 0.0683 e. The zero-order valence-electron chi connectivity index (χ0n) is 15.2. The van der Waals surface area contributed by atoms with Gasteiger partial charge >= 0.3 is 0 Å². The van der Waals surface area contributed by atoms with Crippen LogP contribution in [0.3, 0.4) is 0 Å². The summed E-state index contributed by atoms with van der Waals surface area (Å²) in [5.41, 5.74) is 9.97. The quantitative estimate of drug-likeness (QED) is 0.730. The molecule has 2 heteroatoms. The van der Waals surface area contributed by atoms with Crippen LogP contribution in [0.2, 0.25) is 0 Å². The topological polar surface area (TPSA) is 18.5 Å². The lowest BCUT2D eigenvalue weighted by Crippen LogP contribution is -2.20. The first-order valence-corrected chi connectivity index (χ1v) is 10.5. The van der Waals surface area contributed by atoms with Crippen molar-refractivity contribution in [2.75, 3.05) is 26.4 Å². The Morgan fingerprint density at radius 3 is 1.50 bits per heavy atom. The highest BCUT2D eigenvalue weighted by Gasteiger charge is 2.49. The van der Waals surface area contributed by atoms with Gasteiger partial charge in [-0.3, -0.25) is 0 Å². The first kappa shape index (κ1) is 14.6. The summed E-state index contributed by atoms with van der Waals surface area (Å²) >= 11 is 0. The molecule has 2 saturated heterocycles. The summed E-state index contributed by atoms with van der Waals surface area (Å²) in [6, 6.07) is 9.85. The summed E-state index contributed by atoms with van der Waals surface area (Å²) in [6.45, 7) is 3.80.